The average Bonchev–Trinajstić information content (AvgIpc) is 2.29. The van der Waals surface area contributed by atoms with Gasteiger partial charge in [-0.25, -0.2) is 4.79 Å². The minimum Gasteiger partial charge on any atom is -0.446 e. The highest BCUT2D eigenvalue weighted by Crippen LogP contribution is 1.99. The van der Waals surface area contributed by atoms with E-state index in [4.69, 9.17) is 9.29 Å². The lowest BCUT2D eigenvalue weighted by atomic mass is 10.2. The highest BCUT2D eigenvalue weighted by atomic mass is 32.2. The third kappa shape index (κ3) is 4.99. The molecule has 6 nitrogen and oxygen atoms in total. The Balaban J connectivity index is 2.19. The molecule has 0 saturated heterocycles. The van der Waals surface area contributed by atoms with Gasteiger partial charge in [0.2, 0.25) is 0 Å². The largest absolute Gasteiger partial charge is 0.446 e. The highest BCUT2D eigenvalue weighted by Gasteiger charge is 2.04. The Bertz CT molecular complexity index is 356. The summed E-state index contributed by atoms with van der Waals surface area (Å²) in [5.74, 6) is -0.474. The minimum atomic E-state index is -2.32. The molecule has 0 aliphatic carbocycles. The van der Waals surface area contributed by atoms with Crippen molar-refractivity contribution in [3.8, 4) is 0 Å². The molecular weight excluding hydrogens is 234 g/mol. The van der Waals surface area contributed by atoms with Crippen LogP contribution < -0.4 is 5.32 Å². The number of carbonyl (C=O) groups excluding carboxylic acids is 1. The van der Waals surface area contributed by atoms with Crippen LogP contribution in [0.5, 0.6) is 0 Å². The van der Waals surface area contributed by atoms with Crippen molar-refractivity contribution in [1.29, 1.82) is 0 Å². The topological polar surface area (TPSA) is 84.9 Å². The molecule has 1 atom stereocenters. The van der Waals surface area contributed by atoms with E-state index in [-0.39, 0.29) is 13.5 Å². The summed E-state index contributed by atoms with van der Waals surface area (Å²) in [6.45, 7) is -0.268. The molecule has 1 aromatic carbocycles. The van der Waals surface area contributed by atoms with Crippen molar-refractivity contribution in [2.24, 2.45) is 0 Å². The summed E-state index contributed by atoms with van der Waals surface area (Å²) >= 11 is -2.32. The number of ether oxygens (including phenoxy) is 1. The molecule has 0 bridgehead atoms. The van der Waals surface area contributed by atoms with Crippen molar-refractivity contribution < 1.29 is 22.5 Å². The van der Waals surface area contributed by atoms with Gasteiger partial charge >= 0.3 is 17.3 Å². The van der Waals surface area contributed by atoms with Gasteiger partial charge in [-0.3, -0.25) is 14.1 Å². The molecular formula is C9H11NO5S. The van der Waals surface area contributed by atoms with Crippen LogP contribution in [0.25, 0.3) is 0 Å². The van der Waals surface area contributed by atoms with Crippen LogP contribution in [-0.2, 0) is 20.3 Å². The second-order valence-corrected chi connectivity index (χ2v) is 3.34. The fourth-order valence-electron chi connectivity index (χ4n) is 0.908. The molecule has 7 heteroatoms. The van der Waals surface area contributed by atoms with Crippen LogP contribution in [-0.4, -0.2) is 28.2 Å². The molecule has 0 aromatic heterocycles. The summed E-state index contributed by atoms with van der Waals surface area (Å²) in [7, 11) is 0. The van der Waals surface area contributed by atoms with E-state index in [0.717, 1.165) is 0 Å². The maximum absolute atomic E-state index is 11.3. The lowest BCUT2D eigenvalue weighted by Crippen LogP contribution is -2.23. The Morgan fingerprint density at radius 1 is 1.31 bits per heavy atom. The molecule has 88 valence electrons. The molecule has 1 unspecified atom stereocenters. The van der Waals surface area contributed by atoms with Gasteiger partial charge in [0.15, 0.2) is 0 Å². The zero-order valence-corrected chi connectivity index (χ0v) is 9.11. The molecule has 0 aliphatic heterocycles. The monoisotopic (exact) mass is 245 g/mol. The van der Waals surface area contributed by atoms with Gasteiger partial charge in [-0.1, -0.05) is 18.2 Å². The summed E-state index contributed by atoms with van der Waals surface area (Å²) < 4.78 is 27.4. The van der Waals surface area contributed by atoms with Crippen LogP contribution in [0.1, 0.15) is 10.4 Å². The van der Waals surface area contributed by atoms with Crippen LogP contribution in [0.4, 0.5) is 0 Å². The third-order valence-corrected chi connectivity index (χ3v) is 1.90. The predicted molar refractivity (Wildman–Crippen MR) is 56.6 cm³/mol. The number of hydrogen-bond donors (Lipinski definition) is 2. The van der Waals surface area contributed by atoms with E-state index in [2.05, 4.69) is 9.50 Å². The molecule has 0 heterocycles. The van der Waals surface area contributed by atoms with Crippen LogP contribution in [0.15, 0.2) is 30.3 Å². The van der Waals surface area contributed by atoms with Crippen LogP contribution in [0.3, 0.4) is 0 Å². The normalized spacial score (nSPS) is 12.1. The van der Waals surface area contributed by atoms with E-state index in [9.17, 15) is 9.00 Å². The van der Waals surface area contributed by atoms with E-state index in [0.29, 0.717) is 5.56 Å². The van der Waals surface area contributed by atoms with Gasteiger partial charge in [-0.2, -0.15) is 4.21 Å². The molecule has 0 aliphatic rings. The zero-order valence-electron chi connectivity index (χ0n) is 8.29. The third-order valence-electron chi connectivity index (χ3n) is 1.58. The number of rotatable bonds is 6. The number of benzene rings is 1. The summed E-state index contributed by atoms with van der Waals surface area (Å²) in [6, 6.07) is 8.49. The molecule has 0 saturated carbocycles. The molecule has 1 aromatic rings. The first kappa shape index (κ1) is 12.8. The summed E-state index contributed by atoms with van der Waals surface area (Å²) in [5.41, 5.74) is 0.441. The number of carbonyl (C=O) groups is 1. The standard InChI is InChI=1S/C9H11NO5S/c11-9(8-4-2-1-3-5-8)14-6-10-7-15-16(12)13/h1-5,10H,6-7H2,(H,12,13). The van der Waals surface area contributed by atoms with Gasteiger partial charge in [-0.05, 0) is 12.1 Å². The SMILES string of the molecule is O=C(OCNCOS(=O)O)c1ccccc1. The van der Waals surface area contributed by atoms with Gasteiger partial charge in [-0.15, -0.1) is 0 Å². The predicted octanol–water partition coefficient (Wildman–Crippen LogP) is 0.501. The number of esters is 1. The van der Waals surface area contributed by atoms with E-state index in [1.807, 2.05) is 0 Å². The van der Waals surface area contributed by atoms with Crippen molar-refractivity contribution in [3.05, 3.63) is 35.9 Å². The molecule has 0 amide bonds. The van der Waals surface area contributed by atoms with Gasteiger partial charge in [0, 0.05) is 0 Å². The van der Waals surface area contributed by atoms with Crippen LogP contribution in [0, 0.1) is 0 Å². The fourth-order valence-corrected chi connectivity index (χ4v) is 1.09. The number of nitrogens with one attached hydrogen (secondary N) is 1. The Kier molecular flexibility index (Phi) is 5.65. The average molecular weight is 245 g/mol. The Labute approximate surface area is 95.1 Å². The lowest BCUT2D eigenvalue weighted by molar-refractivity contribution is 0.0447. The van der Waals surface area contributed by atoms with E-state index < -0.39 is 17.3 Å². The summed E-state index contributed by atoms with van der Waals surface area (Å²) in [4.78, 5) is 11.3. The number of hydrogen-bond acceptors (Lipinski definition) is 5. The van der Waals surface area contributed by atoms with Crippen molar-refractivity contribution in [3.63, 3.8) is 0 Å². The maximum atomic E-state index is 11.3. The molecule has 0 fully saturated rings. The fraction of sp³-hybridized carbons (Fsp3) is 0.222. The maximum Gasteiger partial charge on any atom is 0.339 e. The molecule has 0 radical (unpaired) electrons. The van der Waals surface area contributed by atoms with Crippen molar-refractivity contribution >= 4 is 17.3 Å². The summed E-state index contributed by atoms with van der Waals surface area (Å²) in [5, 5.41) is 2.50. The summed E-state index contributed by atoms with van der Waals surface area (Å²) in [6.07, 6.45) is 0. The van der Waals surface area contributed by atoms with Crippen molar-refractivity contribution in [1.82, 2.24) is 5.32 Å². The first-order valence-electron chi connectivity index (χ1n) is 4.37. The highest BCUT2D eigenvalue weighted by molar-refractivity contribution is 7.74. The molecule has 16 heavy (non-hydrogen) atoms. The van der Waals surface area contributed by atoms with Gasteiger partial charge in [0.25, 0.3) is 0 Å². The minimum absolute atomic E-state index is 0.0923. The Morgan fingerprint density at radius 2 is 2.00 bits per heavy atom. The van der Waals surface area contributed by atoms with E-state index >= 15 is 0 Å². The molecule has 0 spiro atoms. The van der Waals surface area contributed by atoms with Crippen LogP contribution >= 0.6 is 0 Å². The van der Waals surface area contributed by atoms with E-state index in [1.54, 1.807) is 30.3 Å². The molecule has 1 rings (SSSR count). The van der Waals surface area contributed by atoms with Crippen molar-refractivity contribution in [2.75, 3.05) is 13.5 Å². The first-order valence-corrected chi connectivity index (χ1v) is 5.40. The Morgan fingerprint density at radius 3 is 2.62 bits per heavy atom. The smallest absolute Gasteiger partial charge is 0.339 e. The Hall–Kier alpha value is -1.28. The second kappa shape index (κ2) is 7.07. The zero-order chi connectivity index (χ0) is 11.8. The van der Waals surface area contributed by atoms with E-state index in [1.165, 1.54) is 0 Å². The van der Waals surface area contributed by atoms with Gasteiger partial charge in [0.1, 0.15) is 13.5 Å². The van der Waals surface area contributed by atoms with Crippen LogP contribution in [0.2, 0.25) is 0 Å². The van der Waals surface area contributed by atoms with Gasteiger partial charge < -0.3 is 4.74 Å². The first-order chi connectivity index (χ1) is 7.70. The second-order valence-electron chi connectivity index (χ2n) is 2.67. The van der Waals surface area contributed by atoms with Gasteiger partial charge in [0.05, 0.1) is 5.56 Å². The van der Waals surface area contributed by atoms with Crippen molar-refractivity contribution in [2.45, 2.75) is 0 Å². The quantitative estimate of drug-likeness (QED) is 0.328. The lowest BCUT2D eigenvalue weighted by Gasteiger charge is -2.05. The molecule has 2 N–H and O–H groups in total.